The van der Waals surface area contributed by atoms with Crippen LogP contribution >= 0.6 is 11.6 Å². The van der Waals surface area contributed by atoms with E-state index in [-0.39, 0.29) is 6.61 Å². The molecule has 2 rings (SSSR count). The average Bonchev–Trinajstić information content (AvgIpc) is 2.49. The number of benzene rings is 1. The van der Waals surface area contributed by atoms with E-state index in [1.807, 2.05) is 6.07 Å². The zero-order chi connectivity index (χ0) is 15.2. The first-order chi connectivity index (χ1) is 10.1. The molecule has 1 aliphatic rings. The van der Waals surface area contributed by atoms with Gasteiger partial charge in [-0.25, -0.2) is 0 Å². The molecule has 1 aromatic rings. The van der Waals surface area contributed by atoms with Crippen molar-refractivity contribution in [3.63, 3.8) is 0 Å². The van der Waals surface area contributed by atoms with Crippen LogP contribution in [-0.4, -0.2) is 35.1 Å². The van der Waals surface area contributed by atoms with Gasteiger partial charge in [-0.2, -0.15) is 0 Å². The Kier molecular flexibility index (Phi) is 6.03. The number of primary amides is 1. The van der Waals surface area contributed by atoms with E-state index < -0.39 is 5.91 Å². The lowest BCUT2D eigenvalue weighted by molar-refractivity contribution is 0.1000. The lowest BCUT2D eigenvalue weighted by Gasteiger charge is -2.34. The maximum absolute atomic E-state index is 11.2. The van der Waals surface area contributed by atoms with Gasteiger partial charge in [-0.3, -0.25) is 9.69 Å². The lowest BCUT2D eigenvalue weighted by atomic mass is 9.94. The number of aliphatic hydroxyl groups excluding tert-OH is 1. The highest BCUT2D eigenvalue weighted by Gasteiger charge is 2.21. The molecule has 1 amide bonds. The zero-order valence-electron chi connectivity index (χ0n) is 12.2. The van der Waals surface area contributed by atoms with Gasteiger partial charge in [-0.15, -0.1) is 0 Å². The average molecular weight is 311 g/mol. The largest absolute Gasteiger partial charge is 0.395 e. The first-order valence-electron chi connectivity index (χ1n) is 7.55. The van der Waals surface area contributed by atoms with Crippen LogP contribution in [0.4, 0.5) is 0 Å². The molecule has 116 valence electrons. The quantitative estimate of drug-likeness (QED) is 0.848. The summed E-state index contributed by atoms with van der Waals surface area (Å²) in [6, 6.07) is 5.70. The number of halogens is 1. The summed E-state index contributed by atoms with van der Waals surface area (Å²) in [5.41, 5.74) is 6.66. The number of carbonyl (C=O) groups is 1. The standard InChI is InChI=1S/C16H23ClN2O2/c17-15-10-12(16(18)21)6-7-13(15)11-19(8-9-20)14-4-2-1-3-5-14/h6-7,10,14,20H,1-5,8-9,11H2,(H2,18,21). The van der Waals surface area contributed by atoms with Crippen LogP contribution in [-0.2, 0) is 6.54 Å². The van der Waals surface area contributed by atoms with Gasteiger partial charge in [0.1, 0.15) is 0 Å². The highest BCUT2D eigenvalue weighted by molar-refractivity contribution is 6.31. The molecule has 0 aliphatic heterocycles. The van der Waals surface area contributed by atoms with Crippen molar-refractivity contribution >= 4 is 17.5 Å². The van der Waals surface area contributed by atoms with E-state index in [1.54, 1.807) is 12.1 Å². The Morgan fingerprint density at radius 1 is 1.33 bits per heavy atom. The van der Waals surface area contributed by atoms with E-state index in [9.17, 15) is 9.90 Å². The molecular formula is C16H23ClN2O2. The maximum atomic E-state index is 11.2. The lowest BCUT2D eigenvalue weighted by Crippen LogP contribution is -2.38. The van der Waals surface area contributed by atoms with Gasteiger partial charge < -0.3 is 10.8 Å². The van der Waals surface area contributed by atoms with Crippen molar-refractivity contribution < 1.29 is 9.90 Å². The van der Waals surface area contributed by atoms with Crippen LogP contribution in [0.5, 0.6) is 0 Å². The molecule has 0 aromatic heterocycles. The fourth-order valence-electron chi connectivity index (χ4n) is 3.01. The second kappa shape index (κ2) is 7.78. The third-order valence-electron chi connectivity index (χ3n) is 4.19. The van der Waals surface area contributed by atoms with Crippen molar-refractivity contribution in [1.82, 2.24) is 4.90 Å². The van der Waals surface area contributed by atoms with E-state index in [2.05, 4.69) is 4.90 Å². The molecular weight excluding hydrogens is 288 g/mol. The molecule has 21 heavy (non-hydrogen) atoms. The molecule has 0 radical (unpaired) electrons. The van der Waals surface area contributed by atoms with Crippen LogP contribution in [0.2, 0.25) is 5.02 Å². The van der Waals surface area contributed by atoms with Crippen molar-refractivity contribution in [2.75, 3.05) is 13.2 Å². The fraction of sp³-hybridized carbons (Fsp3) is 0.562. The minimum Gasteiger partial charge on any atom is -0.395 e. The van der Waals surface area contributed by atoms with Gasteiger partial charge >= 0.3 is 0 Å². The normalized spacial score (nSPS) is 16.3. The van der Waals surface area contributed by atoms with Gasteiger partial charge in [-0.05, 0) is 30.5 Å². The SMILES string of the molecule is NC(=O)c1ccc(CN(CCO)C2CCCCC2)c(Cl)c1. The Hall–Kier alpha value is -1.10. The summed E-state index contributed by atoms with van der Waals surface area (Å²) in [7, 11) is 0. The number of rotatable bonds is 6. The summed E-state index contributed by atoms with van der Waals surface area (Å²) < 4.78 is 0. The van der Waals surface area contributed by atoms with Crippen molar-refractivity contribution in [3.05, 3.63) is 34.3 Å². The third-order valence-corrected chi connectivity index (χ3v) is 4.54. The van der Waals surface area contributed by atoms with Crippen LogP contribution in [0.1, 0.15) is 48.0 Å². The zero-order valence-corrected chi connectivity index (χ0v) is 13.0. The molecule has 0 spiro atoms. The van der Waals surface area contributed by atoms with Crippen molar-refractivity contribution in [2.24, 2.45) is 5.73 Å². The Morgan fingerprint density at radius 3 is 2.62 bits per heavy atom. The van der Waals surface area contributed by atoms with Gasteiger partial charge in [0.05, 0.1) is 6.61 Å². The number of hydrogen-bond donors (Lipinski definition) is 2. The summed E-state index contributed by atoms with van der Waals surface area (Å²) >= 11 is 6.26. The molecule has 4 nitrogen and oxygen atoms in total. The van der Waals surface area contributed by atoms with Gasteiger partial charge in [-0.1, -0.05) is 36.9 Å². The van der Waals surface area contributed by atoms with Crippen LogP contribution in [0.3, 0.4) is 0 Å². The maximum Gasteiger partial charge on any atom is 0.248 e. The summed E-state index contributed by atoms with van der Waals surface area (Å²) in [6.45, 7) is 1.50. The van der Waals surface area contributed by atoms with Crippen LogP contribution in [0, 0.1) is 0 Å². The van der Waals surface area contributed by atoms with E-state index in [4.69, 9.17) is 17.3 Å². The number of hydrogen-bond acceptors (Lipinski definition) is 3. The Morgan fingerprint density at radius 2 is 2.05 bits per heavy atom. The van der Waals surface area contributed by atoms with Crippen LogP contribution in [0.25, 0.3) is 0 Å². The highest BCUT2D eigenvalue weighted by atomic mass is 35.5. The Balaban J connectivity index is 2.10. The van der Waals surface area contributed by atoms with E-state index in [1.165, 1.54) is 32.1 Å². The molecule has 0 bridgehead atoms. The minimum atomic E-state index is -0.469. The van der Waals surface area contributed by atoms with Crippen LogP contribution < -0.4 is 5.73 Å². The summed E-state index contributed by atoms with van der Waals surface area (Å²) in [5.74, 6) is -0.469. The third kappa shape index (κ3) is 4.43. The predicted octanol–water partition coefficient (Wildman–Crippen LogP) is 2.57. The van der Waals surface area contributed by atoms with E-state index in [0.29, 0.717) is 29.7 Å². The fourth-order valence-corrected chi connectivity index (χ4v) is 3.25. The minimum absolute atomic E-state index is 0.146. The molecule has 1 fully saturated rings. The second-order valence-corrected chi connectivity index (χ2v) is 6.06. The molecule has 3 N–H and O–H groups in total. The van der Waals surface area contributed by atoms with Gasteiger partial charge in [0.25, 0.3) is 0 Å². The summed E-state index contributed by atoms with van der Waals surface area (Å²) in [6.07, 6.45) is 6.16. The number of aliphatic hydroxyl groups is 1. The number of amides is 1. The monoisotopic (exact) mass is 310 g/mol. The second-order valence-electron chi connectivity index (χ2n) is 5.66. The molecule has 0 heterocycles. The molecule has 0 unspecified atom stereocenters. The molecule has 1 saturated carbocycles. The molecule has 1 aliphatic carbocycles. The number of nitrogens with zero attached hydrogens (tertiary/aromatic N) is 1. The molecule has 1 aromatic carbocycles. The van der Waals surface area contributed by atoms with E-state index >= 15 is 0 Å². The Bertz CT molecular complexity index is 487. The van der Waals surface area contributed by atoms with Crippen molar-refractivity contribution in [2.45, 2.75) is 44.7 Å². The van der Waals surface area contributed by atoms with E-state index in [0.717, 1.165) is 5.56 Å². The smallest absolute Gasteiger partial charge is 0.248 e. The first kappa shape index (κ1) is 16.3. The highest BCUT2D eigenvalue weighted by Crippen LogP contribution is 2.26. The summed E-state index contributed by atoms with van der Waals surface area (Å²) in [4.78, 5) is 13.5. The molecule has 0 atom stereocenters. The van der Waals surface area contributed by atoms with Gasteiger partial charge in [0.2, 0.25) is 5.91 Å². The first-order valence-corrected chi connectivity index (χ1v) is 7.92. The van der Waals surface area contributed by atoms with Crippen LogP contribution in [0.15, 0.2) is 18.2 Å². The van der Waals surface area contributed by atoms with Crippen molar-refractivity contribution in [3.8, 4) is 0 Å². The number of carbonyl (C=O) groups excluding carboxylic acids is 1. The number of nitrogens with two attached hydrogens (primary N) is 1. The van der Waals surface area contributed by atoms with Gasteiger partial charge in [0, 0.05) is 29.7 Å². The predicted molar refractivity (Wildman–Crippen MR) is 84.3 cm³/mol. The topological polar surface area (TPSA) is 66.6 Å². The Labute approximate surface area is 130 Å². The van der Waals surface area contributed by atoms with Crippen molar-refractivity contribution in [1.29, 1.82) is 0 Å². The molecule has 5 heteroatoms. The molecule has 0 saturated heterocycles. The van der Waals surface area contributed by atoms with Gasteiger partial charge in [0.15, 0.2) is 0 Å². The summed E-state index contributed by atoms with van der Waals surface area (Å²) in [5, 5.41) is 9.86.